The second kappa shape index (κ2) is 25.2. The Morgan fingerprint density at radius 1 is 0.844 bits per heavy atom. The van der Waals surface area contributed by atoms with E-state index in [0.29, 0.717) is 69.3 Å². The highest BCUT2D eigenvalue weighted by Gasteiger charge is 2.53. The number of carbonyl (C=O) groups excluding carboxylic acids is 4. The Balaban J connectivity index is 1.67. The summed E-state index contributed by atoms with van der Waals surface area (Å²) in [5, 5.41) is 23.4. The van der Waals surface area contributed by atoms with Crippen molar-refractivity contribution in [2.75, 3.05) is 27.9 Å². The number of aliphatic hydroxyl groups excluding tert-OH is 1. The van der Waals surface area contributed by atoms with Crippen molar-refractivity contribution in [2.45, 2.75) is 186 Å². The molecule has 0 aromatic heterocycles. The molecule has 2 saturated heterocycles. The number of nitrogens with zero attached hydrogens (tertiary/aromatic N) is 1. The molecule has 1 saturated carbocycles. The van der Waals surface area contributed by atoms with Crippen LogP contribution < -0.4 is 5.73 Å². The highest BCUT2D eigenvalue weighted by molar-refractivity contribution is 6.39. The molecule has 4 N–H and O–H groups in total. The number of ether oxygens (including phenoxy) is 5. The fraction of sp³-hybridized carbons (Fsp3) is 0.765. The second-order valence-electron chi connectivity index (χ2n) is 19.8. The Morgan fingerprint density at radius 3 is 2.27 bits per heavy atom. The van der Waals surface area contributed by atoms with E-state index in [0.717, 1.165) is 31.3 Å². The first-order valence-electron chi connectivity index (χ1n) is 24.1. The van der Waals surface area contributed by atoms with Crippen LogP contribution in [0.3, 0.4) is 0 Å². The minimum Gasteiger partial charge on any atom is -0.461 e. The quantitative estimate of drug-likeness (QED) is 0.142. The summed E-state index contributed by atoms with van der Waals surface area (Å²) in [5.41, 5.74) is 7.89. The largest absolute Gasteiger partial charge is 0.461 e. The van der Waals surface area contributed by atoms with Crippen LogP contribution in [-0.2, 0) is 42.9 Å². The molecule has 3 heterocycles. The van der Waals surface area contributed by atoms with Gasteiger partial charge in [0.1, 0.15) is 24.4 Å². The van der Waals surface area contributed by atoms with Crippen molar-refractivity contribution < 1.29 is 53.1 Å². The average Bonchev–Trinajstić information content (AvgIpc) is 3.27. The van der Waals surface area contributed by atoms with Crippen LogP contribution in [0, 0.1) is 35.5 Å². The number of amides is 1. The standard InChI is InChI=1S/C51H82N2O11/c1-31-16-12-11-13-17-33(3)43(60-8)30-39-22-20-37(7)51(59,64-39)48(56)49(57)53-25-15-14-18-41(53)50(58)63-42(34(4)28-38-21-23-40(52)44(29-38)61-9)24-19-32(2)27-36(6)46(55)47(62-10)45(54)35(5)26-31/h11-13,16-17,27,31-32,34-35,37-44,46-47,55,59H,14-15,18-26,28-30,52H2,1-10H3/b13-11?,16-12+,33-17?,36-27+/t31-,32+,34-,35-,37-,38+,39+,40+,41+,42+,43+,44-,46-,47+,51-/m1/s1. The first-order chi connectivity index (χ1) is 30.3. The SMILES string of the molecule is CO[C@H]1C[C@@H]2CC[C@@H](C)[C@@](O)(O2)C(=O)C(=O)N2CCCC[C@H]2C(=O)O[C@H]([C@H](C)C[C@@H]2CC[C@H](N)[C@H](OC)C2)CC[C@H](C)/C=C(\C)[C@@H](O)[C@@H](OC)C(=O)[C@H](C)C[C@H](C)/C=C/C=CC=C1C. The van der Waals surface area contributed by atoms with Gasteiger partial charge in [-0.15, -0.1) is 0 Å². The van der Waals surface area contributed by atoms with Gasteiger partial charge in [-0.3, -0.25) is 14.4 Å². The number of allylic oxidation sites excluding steroid dienone is 6. The molecule has 0 radical (unpaired) electrons. The number of piperidine rings is 1. The third-order valence-corrected chi connectivity index (χ3v) is 14.6. The Bertz CT molecular complexity index is 1680. The van der Waals surface area contributed by atoms with Crippen molar-refractivity contribution >= 4 is 23.4 Å². The molecule has 0 spiro atoms. The van der Waals surface area contributed by atoms with Crippen molar-refractivity contribution in [2.24, 2.45) is 41.2 Å². The highest BCUT2D eigenvalue weighted by atomic mass is 16.6. The molecule has 0 aromatic carbocycles. The zero-order chi connectivity index (χ0) is 47.3. The number of esters is 1. The lowest BCUT2D eigenvalue weighted by Gasteiger charge is -2.42. The molecule has 1 aliphatic carbocycles. The van der Waals surface area contributed by atoms with E-state index in [2.05, 4.69) is 6.92 Å². The maximum atomic E-state index is 14.4. The van der Waals surface area contributed by atoms with Gasteiger partial charge < -0.3 is 44.5 Å². The van der Waals surface area contributed by atoms with Gasteiger partial charge in [0, 0.05) is 52.2 Å². The third kappa shape index (κ3) is 14.2. The van der Waals surface area contributed by atoms with Crippen molar-refractivity contribution in [3.63, 3.8) is 0 Å². The van der Waals surface area contributed by atoms with Gasteiger partial charge in [-0.2, -0.15) is 0 Å². The molecule has 0 unspecified atom stereocenters. The Morgan fingerprint density at radius 2 is 1.58 bits per heavy atom. The molecular formula is C51H82N2O11. The molecule has 13 nitrogen and oxygen atoms in total. The van der Waals surface area contributed by atoms with Crippen molar-refractivity contribution in [1.82, 2.24) is 4.90 Å². The molecule has 64 heavy (non-hydrogen) atoms. The average molecular weight is 899 g/mol. The topological polar surface area (TPSA) is 184 Å². The van der Waals surface area contributed by atoms with Crippen LogP contribution in [0.2, 0.25) is 0 Å². The molecule has 13 heteroatoms. The number of carbonyl (C=O) groups is 4. The van der Waals surface area contributed by atoms with Crippen LogP contribution in [0.1, 0.15) is 132 Å². The molecule has 362 valence electrons. The fourth-order valence-electron chi connectivity index (χ4n) is 10.4. The van der Waals surface area contributed by atoms with E-state index in [-0.39, 0.29) is 54.2 Å². The zero-order valence-electron chi connectivity index (χ0n) is 40.5. The summed E-state index contributed by atoms with van der Waals surface area (Å²) < 4.78 is 29.8. The van der Waals surface area contributed by atoms with E-state index < -0.39 is 59.8 Å². The fourth-order valence-corrected chi connectivity index (χ4v) is 10.4. The minimum atomic E-state index is -2.37. The number of hydrogen-bond acceptors (Lipinski definition) is 12. The van der Waals surface area contributed by atoms with Gasteiger partial charge >= 0.3 is 5.97 Å². The maximum absolute atomic E-state index is 14.4. The second-order valence-corrected chi connectivity index (χ2v) is 19.8. The van der Waals surface area contributed by atoms with Crippen LogP contribution in [-0.4, -0.2) is 121 Å². The number of methoxy groups -OCH3 is 3. The number of hydrogen-bond donors (Lipinski definition) is 3. The predicted molar refractivity (Wildman–Crippen MR) is 247 cm³/mol. The number of nitrogens with two attached hydrogens (primary N) is 1. The minimum absolute atomic E-state index is 0.0254. The van der Waals surface area contributed by atoms with Crippen LogP contribution >= 0.6 is 0 Å². The smallest absolute Gasteiger partial charge is 0.329 e. The molecule has 1 amide bonds. The van der Waals surface area contributed by atoms with Crippen molar-refractivity contribution in [3.8, 4) is 0 Å². The monoisotopic (exact) mass is 899 g/mol. The van der Waals surface area contributed by atoms with Crippen molar-refractivity contribution in [3.05, 3.63) is 47.6 Å². The van der Waals surface area contributed by atoms with Crippen LogP contribution in [0.4, 0.5) is 0 Å². The van der Waals surface area contributed by atoms with Crippen LogP contribution in [0.15, 0.2) is 47.6 Å². The molecular weight excluding hydrogens is 817 g/mol. The summed E-state index contributed by atoms with van der Waals surface area (Å²) in [6, 6.07) is -1.03. The molecule has 3 fully saturated rings. The summed E-state index contributed by atoms with van der Waals surface area (Å²) in [4.78, 5) is 57.8. The molecule has 15 atom stereocenters. The van der Waals surface area contributed by atoms with E-state index in [1.54, 1.807) is 28.1 Å². The third-order valence-electron chi connectivity index (χ3n) is 14.6. The molecule has 2 bridgehead atoms. The summed E-state index contributed by atoms with van der Waals surface area (Å²) in [7, 11) is 4.74. The first kappa shape index (κ1) is 53.6. The van der Waals surface area contributed by atoms with Gasteiger partial charge in [0.15, 0.2) is 5.78 Å². The summed E-state index contributed by atoms with van der Waals surface area (Å²) in [5.74, 6) is -5.87. The Kier molecular flexibility index (Phi) is 21.1. The van der Waals surface area contributed by atoms with E-state index >= 15 is 0 Å². The van der Waals surface area contributed by atoms with Gasteiger partial charge in [0.2, 0.25) is 5.79 Å². The maximum Gasteiger partial charge on any atom is 0.329 e. The predicted octanol–water partition coefficient (Wildman–Crippen LogP) is 6.97. The first-order valence-corrected chi connectivity index (χ1v) is 24.1. The molecule has 4 rings (SSSR count). The molecule has 0 aromatic rings. The normalized spacial score (nSPS) is 39.5. The van der Waals surface area contributed by atoms with Crippen molar-refractivity contribution in [1.29, 1.82) is 0 Å². The Labute approximate surface area is 383 Å². The lowest BCUT2D eigenvalue weighted by Crippen LogP contribution is -2.61. The number of aliphatic hydroxyl groups is 2. The van der Waals surface area contributed by atoms with E-state index in [4.69, 9.17) is 29.4 Å². The molecule has 4 aliphatic rings. The number of Topliss-reactive ketones (excluding diaryl/α,β-unsaturated/α-hetero) is 2. The molecule has 3 aliphatic heterocycles. The zero-order valence-corrected chi connectivity index (χ0v) is 40.5. The summed E-state index contributed by atoms with van der Waals surface area (Å²) >= 11 is 0. The lowest BCUT2D eigenvalue weighted by atomic mass is 9.78. The summed E-state index contributed by atoms with van der Waals surface area (Å²) in [6.07, 6.45) is 16.0. The van der Waals surface area contributed by atoms with Gasteiger partial charge in [-0.05, 0) is 126 Å². The van der Waals surface area contributed by atoms with E-state index in [1.807, 2.05) is 64.2 Å². The van der Waals surface area contributed by atoms with Gasteiger partial charge in [-0.1, -0.05) is 71.1 Å². The van der Waals surface area contributed by atoms with Gasteiger partial charge in [0.25, 0.3) is 11.7 Å². The van der Waals surface area contributed by atoms with Gasteiger partial charge in [0.05, 0.1) is 18.3 Å². The van der Waals surface area contributed by atoms with Crippen LogP contribution in [0.5, 0.6) is 0 Å². The van der Waals surface area contributed by atoms with E-state index in [1.165, 1.54) is 12.0 Å². The number of fused-ring (bicyclic) bond motifs is 3. The van der Waals surface area contributed by atoms with E-state index in [9.17, 15) is 29.4 Å². The number of cyclic esters (lactones) is 1. The highest BCUT2D eigenvalue weighted by Crippen LogP contribution is 2.38. The lowest BCUT2D eigenvalue weighted by molar-refractivity contribution is -0.265. The van der Waals surface area contributed by atoms with Crippen LogP contribution in [0.25, 0.3) is 0 Å². The number of ketones is 2. The summed E-state index contributed by atoms with van der Waals surface area (Å²) in [6.45, 7) is 13.7. The number of rotatable bonds is 6. The Hall–Kier alpha value is -3.04. The van der Waals surface area contributed by atoms with Gasteiger partial charge in [-0.25, -0.2) is 4.79 Å².